The Morgan fingerprint density at radius 3 is 2.93 bits per heavy atom. The summed E-state index contributed by atoms with van der Waals surface area (Å²) in [5.74, 6) is 5.20. The predicted octanol–water partition coefficient (Wildman–Crippen LogP) is -0.304. The second-order valence-electron chi connectivity index (χ2n) is 2.82. The zero-order chi connectivity index (χ0) is 10.6. The van der Waals surface area contributed by atoms with Crippen molar-refractivity contribution in [3.05, 3.63) is 17.0 Å². The van der Waals surface area contributed by atoms with Gasteiger partial charge in [-0.1, -0.05) is 12.1 Å². The van der Waals surface area contributed by atoms with Gasteiger partial charge in [-0.15, -0.1) is 0 Å². The number of nitrogens with two attached hydrogens (primary N) is 1. The molecule has 14 heavy (non-hydrogen) atoms. The van der Waals surface area contributed by atoms with Crippen molar-refractivity contribution >= 4 is 5.91 Å². The highest BCUT2D eigenvalue weighted by Gasteiger charge is 2.17. The van der Waals surface area contributed by atoms with Gasteiger partial charge in [0.15, 0.2) is 5.69 Å². The number of amides is 1. The summed E-state index contributed by atoms with van der Waals surface area (Å²) in [5, 5.41) is 6.72. The van der Waals surface area contributed by atoms with Crippen molar-refractivity contribution in [2.24, 2.45) is 5.84 Å². The van der Waals surface area contributed by atoms with Gasteiger partial charge in [-0.3, -0.25) is 10.2 Å². The van der Waals surface area contributed by atoms with E-state index in [1.54, 1.807) is 6.92 Å². The average Bonchev–Trinajstić information content (AvgIpc) is 2.56. The van der Waals surface area contributed by atoms with Crippen LogP contribution >= 0.6 is 0 Å². The molecule has 0 unspecified atom stereocenters. The molecule has 6 nitrogen and oxygen atoms in total. The number of nitrogens with zero attached hydrogens (tertiary/aromatic N) is 1. The third-order valence-electron chi connectivity index (χ3n) is 1.88. The number of nitrogens with one attached hydrogen (secondary N) is 2. The van der Waals surface area contributed by atoms with E-state index in [2.05, 4.69) is 10.5 Å². The normalized spacial score (nSPS) is 10.2. The number of aromatic nitrogens is 1. The Balaban J connectivity index is 2.88. The topological polar surface area (TPSA) is 93.2 Å². The smallest absolute Gasteiger partial charge is 0.287 e. The molecular formula is C8H14N4O2. The molecule has 0 fully saturated rings. The van der Waals surface area contributed by atoms with Crippen molar-refractivity contribution < 1.29 is 9.32 Å². The maximum Gasteiger partial charge on any atom is 0.287 e. The molecule has 6 heteroatoms. The quantitative estimate of drug-likeness (QED) is 0.351. The molecule has 78 valence electrons. The summed E-state index contributed by atoms with van der Waals surface area (Å²) in [4.78, 5) is 11.2. The van der Waals surface area contributed by atoms with E-state index >= 15 is 0 Å². The molecule has 1 aromatic heterocycles. The van der Waals surface area contributed by atoms with Crippen LogP contribution in [0, 0.1) is 6.92 Å². The van der Waals surface area contributed by atoms with Crippen molar-refractivity contribution in [2.45, 2.75) is 20.4 Å². The van der Waals surface area contributed by atoms with Crippen LogP contribution in [-0.4, -0.2) is 17.6 Å². The van der Waals surface area contributed by atoms with Crippen LogP contribution in [-0.2, 0) is 6.54 Å². The summed E-state index contributed by atoms with van der Waals surface area (Å²) >= 11 is 0. The summed E-state index contributed by atoms with van der Waals surface area (Å²) in [6.45, 7) is 5.10. The molecule has 0 spiro atoms. The highest BCUT2D eigenvalue weighted by atomic mass is 16.5. The van der Waals surface area contributed by atoms with Gasteiger partial charge in [-0.2, -0.15) is 0 Å². The Morgan fingerprint density at radius 2 is 2.36 bits per heavy atom. The lowest BCUT2D eigenvalue weighted by Gasteiger charge is -2.01. The van der Waals surface area contributed by atoms with Gasteiger partial charge in [0.1, 0.15) is 5.76 Å². The molecule has 1 amide bonds. The van der Waals surface area contributed by atoms with E-state index in [0.29, 0.717) is 12.3 Å². The van der Waals surface area contributed by atoms with Gasteiger partial charge < -0.3 is 9.84 Å². The van der Waals surface area contributed by atoms with Gasteiger partial charge in [0.25, 0.3) is 5.91 Å². The molecule has 4 N–H and O–H groups in total. The number of hydrazine groups is 1. The molecule has 1 heterocycles. The number of rotatable bonds is 4. The Bertz CT molecular complexity index is 321. The molecule has 1 rings (SSSR count). The lowest BCUT2D eigenvalue weighted by atomic mass is 10.2. The molecule has 0 bridgehead atoms. The van der Waals surface area contributed by atoms with Crippen LogP contribution in [0.3, 0.4) is 0 Å². The molecule has 0 aliphatic heterocycles. The monoisotopic (exact) mass is 198 g/mol. The van der Waals surface area contributed by atoms with Crippen LogP contribution in [0.5, 0.6) is 0 Å². The van der Waals surface area contributed by atoms with Gasteiger partial charge in [0.2, 0.25) is 0 Å². The third-order valence-corrected chi connectivity index (χ3v) is 1.88. The van der Waals surface area contributed by atoms with Gasteiger partial charge in [-0.05, 0) is 13.5 Å². The van der Waals surface area contributed by atoms with E-state index in [9.17, 15) is 4.79 Å². The van der Waals surface area contributed by atoms with E-state index in [1.807, 2.05) is 12.3 Å². The summed E-state index contributed by atoms with van der Waals surface area (Å²) < 4.78 is 4.91. The van der Waals surface area contributed by atoms with E-state index in [1.165, 1.54) is 0 Å². The Kier molecular flexibility index (Phi) is 3.61. The lowest BCUT2D eigenvalue weighted by Crippen LogP contribution is -2.31. The fourth-order valence-corrected chi connectivity index (χ4v) is 1.10. The number of hydrogen-bond acceptors (Lipinski definition) is 5. The summed E-state index contributed by atoms with van der Waals surface area (Å²) in [5.41, 5.74) is 3.01. The van der Waals surface area contributed by atoms with E-state index < -0.39 is 5.91 Å². The Hall–Kier alpha value is -1.40. The van der Waals surface area contributed by atoms with Gasteiger partial charge in [0.05, 0.1) is 0 Å². The maximum absolute atomic E-state index is 11.2. The Morgan fingerprint density at radius 1 is 1.64 bits per heavy atom. The van der Waals surface area contributed by atoms with Crippen LogP contribution in [0.1, 0.15) is 28.7 Å². The molecule has 0 aliphatic carbocycles. The first-order valence-electron chi connectivity index (χ1n) is 4.37. The van der Waals surface area contributed by atoms with Crippen LogP contribution in [0.4, 0.5) is 0 Å². The summed E-state index contributed by atoms with van der Waals surface area (Å²) in [6, 6.07) is 0. The van der Waals surface area contributed by atoms with Crippen molar-refractivity contribution in [1.29, 1.82) is 0 Å². The number of nitrogen functional groups attached to an aromatic ring is 1. The maximum atomic E-state index is 11.2. The average molecular weight is 198 g/mol. The first kappa shape index (κ1) is 10.7. The standard InChI is InChI=1S/C8H14N4O2/c1-3-10-4-6-5(2)14-12-7(6)8(13)11-9/h10H,3-4,9H2,1-2H3,(H,11,13). The van der Waals surface area contributed by atoms with Gasteiger partial charge in [-0.25, -0.2) is 5.84 Å². The zero-order valence-corrected chi connectivity index (χ0v) is 8.26. The number of carbonyl (C=O) groups is 1. The molecule has 0 saturated heterocycles. The van der Waals surface area contributed by atoms with Crippen LogP contribution < -0.4 is 16.6 Å². The fraction of sp³-hybridized carbons (Fsp3) is 0.500. The molecule has 0 atom stereocenters. The molecule has 0 saturated carbocycles. The van der Waals surface area contributed by atoms with E-state index in [-0.39, 0.29) is 5.69 Å². The molecule has 0 radical (unpaired) electrons. The van der Waals surface area contributed by atoms with Crippen molar-refractivity contribution in [3.8, 4) is 0 Å². The Labute approximate surface area is 81.8 Å². The minimum atomic E-state index is -0.435. The third kappa shape index (κ3) is 2.09. The van der Waals surface area contributed by atoms with Gasteiger partial charge in [0, 0.05) is 12.1 Å². The minimum Gasteiger partial charge on any atom is -0.361 e. The second kappa shape index (κ2) is 4.73. The van der Waals surface area contributed by atoms with Crippen LogP contribution in [0.25, 0.3) is 0 Å². The number of hydrogen-bond donors (Lipinski definition) is 3. The summed E-state index contributed by atoms with van der Waals surface area (Å²) in [7, 11) is 0. The fourth-order valence-electron chi connectivity index (χ4n) is 1.10. The number of carbonyl (C=O) groups excluding carboxylic acids is 1. The number of aryl methyl sites for hydroxylation is 1. The van der Waals surface area contributed by atoms with Crippen LogP contribution in [0.2, 0.25) is 0 Å². The van der Waals surface area contributed by atoms with Crippen molar-refractivity contribution in [2.75, 3.05) is 6.54 Å². The first-order valence-corrected chi connectivity index (χ1v) is 4.37. The van der Waals surface area contributed by atoms with Crippen molar-refractivity contribution in [3.63, 3.8) is 0 Å². The highest BCUT2D eigenvalue weighted by Crippen LogP contribution is 2.12. The van der Waals surface area contributed by atoms with E-state index in [0.717, 1.165) is 12.1 Å². The highest BCUT2D eigenvalue weighted by molar-refractivity contribution is 5.93. The van der Waals surface area contributed by atoms with Crippen molar-refractivity contribution in [1.82, 2.24) is 15.9 Å². The summed E-state index contributed by atoms with van der Waals surface area (Å²) in [6.07, 6.45) is 0. The predicted molar refractivity (Wildman–Crippen MR) is 50.3 cm³/mol. The first-order chi connectivity index (χ1) is 6.70. The largest absolute Gasteiger partial charge is 0.361 e. The molecule has 0 aliphatic rings. The van der Waals surface area contributed by atoms with Gasteiger partial charge >= 0.3 is 0 Å². The second-order valence-corrected chi connectivity index (χ2v) is 2.82. The SMILES string of the molecule is CCNCc1c(C(=O)NN)noc1C. The molecule has 0 aromatic carbocycles. The lowest BCUT2D eigenvalue weighted by molar-refractivity contribution is 0.0943. The van der Waals surface area contributed by atoms with E-state index in [4.69, 9.17) is 10.4 Å². The molecular weight excluding hydrogens is 184 g/mol. The zero-order valence-electron chi connectivity index (χ0n) is 8.26. The minimum absolute atomic E-state index is 0.242. The molecule has 1 aromatic rings. The van der Waals surface area contributed by atoms with Crippen LogP contribution in [0.15, 0.2) is 4.52 Å².